The summed E-state index contributed by atoms with van der Waals surface area (Å²) in [4.78, 5) is 15.6. The number of phenolic OH excluding ortho intramolecular Hbond substituents is 2. The summed E-state index contributed by atoms with van der Waals surface area (Å²) in [5.74, 6) is -1.00. The van der Waals surface area contributed by atoms with Crippen molar-refractivity contribution in [2.75, 3.05) is 20.1 Å². The minimum absolute atomic E-state index is 0.00766. The second kappa shape index (κ2) is 9.42. The van der Waals surface area contributed by atoms with E-state index in [0.29, 0.717) is 45.7 Å². The molecule has 3 unspecified atom stereocenters. The van der Waals surface area contributed by atoms with Gasteiger partial charge in [-0.1, -0.05) is 46.3 Å². The number of piperidine rings is 1. The number of likely N-dealkylation sites (N-methyl/N-ethyl adjacent to an activating group) is 1. The molecule has 2 aromatic carbocycles. The third kappa shape index (κ3) is 4.23. The Bertz CT molecular complexity index is 1280. The molecule has 4 rings (SSSR count). The first kappa shape index (κ1) is 24.3. The van der Waals surface area contributed by atoms with Gasteiger partial charge in [0.1, 0.15) is 34.3 Å². The Morgan fingerprint density at radius 1 is 1.30 bits per heavy atom. The smallest absolute Gasteiger partial charge is 0.202 e. The van der Waals surface area contributed by atoms with E-state index in [2.05, 4.69) is 22.6 Å². The van der Waals surface area contributed by atoms with Crippen LogP contribution in [0, 0.1) is 6.92 Å². The Kier molecular flexibility index (Phi) is 6.93. The highest BCUT2D eigenvalue weighted by molar-refractivity contribution is 14.1. The zero-order valence-corrected chi connectivity index (χ0v) is 21.1. The van der Waals surface area contributed by atoms with Gasteiger partial charge in [0, 0.05) is 33.5 Å². The molecule has 3 atom stereocenters. The zero-order valence-electron chi connectivity index (χ0n) is 18.2. The highest BCUT2D eigenvalue weighted by atomic mass is 127. The molecule has 33 heavy (non-hydrogen) atoms. The minimum atomic E-state index is -1.32. The SMILES string of the molecule is Cc1oc2c(C3CCN(C)CC3O)c(O)cc(O)c2c(=O)c1C(O)c1cccc(Cl)c1CI. The maximum absolute atomic E-state index is 13.6. The number of hydrogen-bond donors (Lipinski definition) is 4. The topological polar surface area (TPSA) is 114 Å². The Morgan fingerprint density at radius 2 is 2.03 bits per heavy atom. The van der Waals surface area contributed by atoms with Gasteiger partial charge in [-0.25, -0.2) is 0 Å². The van der Waals surface area contributed by atoms with Gasteiger partial charge >= 0.3 is 0 Å². The van der Waals surface area contributed by atoms with Crippen molar-refractivity contribution >= 4 is 45.2 Å². The quantitative estimate of drug-likeness (QED) is 0.271. The van der Waals surface area contributed by atoms with E-state index in [-0.39, 0.29) is 28.0 Å². The fraction of sp³-hybridized carbons (Fsp3) is 0.375. The monoisotopic (exact) mass is 585 g/mol. The lowest BCUT2D eigenvalue weighted by molar-refractivity contribution is 0.0630. The standard InChI is InChI=1S/C24H25ClINO6/c1-11-19(22(31)12-4-3-5-15(25)14(12)9-26)23(32)21-17(29)8-16(28)20(24(21)33-11)13-6-7-27(2)10-18(13)30/h3-5,8,13,18,22,28-31H,6-7,9-10H2,1-2H3. The molecular formula is C24H25ClINO6. The molecule has 7 nitrogen and oxygen atoms in total. The first-order valence-corrected chi connectivity index (χ1v) is 12.5. The minimum Gasteiger partial charge on any atom is -0.507 e. The lowest BCUT2D eigenvalue weighted by Gasteiger charge is -2.34. The number of aliphatic hydroxyl groups is 2. The van der Waals surface area contributed by atoms with Gasteiger partial charge in [0.25, 0.3) is 0 Å². The number of aryl methyl sites for hydroxylation is 1. The van der Waals surface area contributed by atoms with Crippen molar-refractivity contribution in [2.24, 2.45) is 0 Å². The molecule has 0 spiro atoms. The van der Waals surface area contributed by atoms with Gasteiger partial charge in [-0.15, -0.1) is 0 Å². The Balaban J connectivity index is 1.95. The van der Waals surface area contributed by atoms with Crippen LogP contribution in [0.25, 0.3) is 11.0 Å². The van der Waals surface area contributed by atoms with E-state index >= 15 is 0 Å². The van der Waals surface area contributed by atoms with Crippen LogP contribution in [0.15, 0.2) is 33.5 Å². The molecule has 0 amide bonds. The van der Waals surface area contributed by atoms with E-state index in [1.54, 1.807) is 25.1 Å². The van der Waals surface area contributed by atoms with E-state index in [1.165, 1.54) is 0 Å². The summed E-state index contributed by atoms with van der Waals surface area (Å²) >= 11 is 8.43. The summed E-state index contributed by atoms with van der Waals surface area (Å²) in [5, 5.41) is 43.4. The van der Waals surface area contributed by atoms with Gasteiger partial charge in [-0.3, -0.25) is 4.79 Å². The Labute approximate surface area is 209 Å². The van der Waals surface area contributed by atoms with Crippen molar-refractivity contribution in [3.63, 3.8) is 0 Å². The molecule has 1 aliphatic rings. The molecule has 2 heterocycles. The van der Waals surface area contributed by atoms with Crippen molar-refractivity contribution in [2.45, 2.75) is 35.9 Å². The van der Waals surface area contributed by atoms with Crippen LogP contribution >= 0.6 is 34.2 Å². The van der Waals surface area contributed by atoms with Gasteiger partial charge in [-0.05, 0) is 44.1 Å². The molecule has 3 aromatic rings. The fourth-order valence-corrected chi connectivity index (χ4v) is 6.03. The average Bonchev–Trinajstić information content (AvgIpc) is 2.74. The molecule has 1 aromatic heterocycles. The number of fused-ring (bicyclic) bond motifs is 1. The normalized spacial score (nSPS) is 20.3. The third-order valence-corrected chi connectivity index (χ3v) is 7.51. The molecule has 9 heteroatoms. The van der Waals surface area contributed by atoms with E-state index in [9.17, 15) is 25.2 Å². The van der Waals surface area contributed by atoms with Gasteiger partial charge < -0.3 is 29.7 Å². The first-order valence-electron chi connectivity index (χ1n) is 10.6. The molecular weight excluding hydrogens is 561 g/mol. The number of phenols is 2. The van der Waals surface area contributed by atoms with E-state index in [4.69, 9.17) is 16.0 Å². The van der Waals surface area contributed by atoms with Crippen LogP contribution in [0.2, 0.25) is 5.02 Å². The molecule has 0 aliphatic carbocycles. The van der Waals surface area contributed by atoms with Crippen LogP contribution in [-0.4, -0.2) is 51.6 Å². The third-order valence-electron chi connectivity index (χ3n) is 6.40. The number of likely N-dealkylation sites (tertiary alicyclic amines) is 1. The second-order valence-corrected chi connectivity index (χ2v) is 9.67. The van der Waals surface area contributed by atoms with Gasteiger partial charge in [0.15, 0.2) is 0 Å². The maximum atomic E-state index is 13.6. The summed E-state index contributed by atoms with van der Waals surface area (Å²) < 4.78 is 6.53. The number of benzene rings is 2. The second-order valence-electron chi connectivity index (χ2n) is 8.50. The molecule has 1 fully saturated rings. The Morgan fingerprint density at radius 3 is 2.70 bits per heavy atom. The summed E-state index contributed by atoms with van der Waals surface area (Å²) in [7, 11) is 1.89. The van der Waals surface area contributed by atoms with E-state index < -0.39 is 29.3 Å². The summed E-state index contributed by atoms with van der Waals surface area (Å²) in [6.45, 7) is 2.65. The highest BCUT2D eigenvalue weighted by Crippen LogP contribution is 2.43. The van der Waals surface area contributed by atoms with Gasteiger partial charge in [0.2, 0.25) is 5.43 Å². The predicted octanol–water partition coefficient (Wildman–Crippen LogP) is 3.96. The molecule has 176 valence electrons. The van der Waals surface area contributed by atoms with Crippen LogP contribution < -0.4 is 5.43 Å². The Hall–Kier alpha value is -1.85. The summed E-state index contributed by atoms with van der Waals surface area (Å²) in [6.07, 6.45) is -1.56. The van der Waals surface area contributed by atoms with Crippen LogP contribution in [0.3, 0.4) is 0 Å². The molecule has 1 aliphatic heterocycles. The number of halogens is 2. The molecule has 0 bridgehead atoms. The van der Waals surface area contributed by atoms with Crippen molar-refractivity contribution in [1.29, 1.82) is 0 Å². The number of aromatic hydroxyl groups is 2. The highest BCUT2D eigenvalue weighted by Gasteiger charge is 2.34. The number of alkyl halides is 1. The molecule has 4 N–H and O–H groups in total. The van der Waals surface area contributed by atoms with Crippen molar-refractivity contribution in [3.05, 3.63) is 67.5 Å². The average molecular weight is 586 g/mol. The van der Waals surface area contributed by atoms with Crippen LogP contribution in [0.5, 0.6) is 11.5 Å². The van der Waals surface area contributed by atoms with Crippen molar-refractivity contribution < 1.29 is 24.8 Å². The lowest BCUT2D eigenvalue weighted by Crippen LogP contribution is -2.40. The lowest BCUT2D eigenvalue weighted by atomic mass is 9.85. The number of β-amino-alcohol motifs (C(OH)–C–C–N with tert-alkyl or cyclic N) is 1. The van der Waals surface area contributed by atoms with Crippen LogP contribution in [0.4, 0.5) is 0 Å². The number of rotatable bonds is 4. The van der Waals surface area contributed by atoms with Crippen LogP contribution in [0.1, 0.15) is 46.5 Å². The van der Waals surface area contributed by atoms with Gasteiger partial charge in [-0.2, -0.15) is 0 Å². The number of hydrogen-bond acceptors (Lipinski definition) is 7. The largest absolute Gasteiger partial charge is 0.507 e. The van der Waals surface area contributed by atoms with Crippen molar-refractivity contribution in [1.82, 2.24) is 4.90 Å². The summed E-state index contributed by atoms with van der Waals surface area (Å²) in [5.41, 5.74) is 0.903. The number of nitrogens with zero attached hydrogens (tertiary/aromatic N) is 1. The zero-order chi connectivity index (χ0) is 24.0. The number of aliphatic hydroxyl groups excluding tert-OH is 2. The first-order chi connectivity index (χ1) is 15.6. The fourth-order valence-electron chi connectivity index (χ4n) is 4.70. The molecule has 0 radical (unpaired) electrons. The maximum Gasteiger partial charge on any atom is 0.202 e. The molecule has 1 saturated heterocycles. The predicted molar refractivity (Wildman–Crippen MR) is 135 cm³/mol. The van der Waals surface area contributed by atoms with Gasteiger partial charge in [0.05, 0.1) is 11.7 Å². The summed E-state index contributed by atoms with van der Waals surface area (Å²) in [6, 6.07) is 6.21. The van der Waals surface area contributed by atoms with Crippen LogP contribution in [-0.2, 0) is 4.43 Å². The van der Waals surface area contributed by atoms with E-state index in [0.717, 1.165) is 6.07 Å². The van der Waals surface area contributed by atoms with E-state index in [1.807, 2.05) is 11.9 Å². The molecule has 0 saturated carbocycles. The van der Waals surface area contributed by atoms with Crippen molar-refractivity contribution in [3.8, 4) is 11.5 Å².